The summed E-state index contributed by atoms with van der Waals surface area (Å²) < 4.78 is 13.4. The summed E-state index contributed by atoms with van der Waals surface area (Å²) in [5.74, 6) is -0.583. The van der Waals surface area contributed by atoms with Gasteiger partial charge in [-0.05, 0) is 59.5 Å². The maximum atomic E-state index is 13.1. The lowest BCUT2D eigenvalue weighted by atomic mass is 9.89. The lowest BCUT2D eigenvalue weighted by Crippen LogP contribution is -2.46. The van der Waals surface area contributed by atoms with E-state index in [1.807, 2.05) is 117 Å². The van der Waals surface area contributed by atoms with Crippen LogP contribution in [0.5, 0.6) is 0 Å². The molecule has 0 unspecified atom stereocenters. The van der Waals surface area contributed by atoms with E-state index in [0.717, 1.165) is 38.9 Å². The Kier molecular flexibility index (Phi) is 10.5. The number of hydrogen-bond donors (Lipinski definition) is 2. The monoisotopic (exact) mass is 696 g/mol. The molecule has 2 aliphatic heterocycles. The topological polar surface area (TPSA) is 99.5 Å². The average molecular weight is 697 g/mol. The quantitative estimate of drug-likeness (QED) is 0.138. The molecule has 8 nitrogen and oxygen atoms in total. The van der Waals surface area contributed by atoms with Crippen LogP contribution in [0.15, 0.2) is 127 Å². The predicted octanol–water partition coefficient (Wildman–Crippen LogP) is 7.49. The highest BCUT2D eigenvalue weighted by Crippen LogP contribution is 2.42. The van der Waals surface area contributed by atoms with E-state index in [1.54, 1.807) is 24.3 Å². The molecule has 266 valence electrons. The van der Waals surface area contributed by atoms with Crippen LogP contribution >= 0.6 is 0 Å². The van der Waals surface area contributed by atoms with Gasteiger partial charge in [0.15, 0.2) is 6.29 Å². The van der Waals surface area contributed by atoms with Gasteiger partial charge in [0.25, 0.3) is 11.8 Å². The first-order valence-electron chi connectivity index (χ1n) is 17.8. The van der Waals surface area contributed by atoms with E-state index >= 15 is 0 Å². The second kappa shape index (κ2) is 15.3. The van der Waals surface area contributed by atoms with Crippen LogP contribution in [0.1, 0.15) is 80.9 Å². The van der Waals surface area contributed by atoms with Crippen molar-refractivity contribution in [3.63, 3.8) is 0 Å². The number of fused-ring (bicyclic) bond motifs is 1. The molecule has 2 aliphatic rings. The van der Waals surface area contributed by atoms with E-state index in [1.165, 1.54) is 4.90 Å². The van der Waals surface area contributed by atoms with Gasteiger partial charge in [0.1, 0.15) is 0 Å². The van der Waals surface area contributed by atoms with Gasteiger partial charge in [-0.3, -0.25) is 19.4 Å². The third-order valence-corrected chi connectivity index (χ3v) is 10.6. The van der Waals surface area contributed by atoms with Crippen molar-refractivity contribution >= 4 is 11.8 Å². The lowest BCUT2D eigenvalue weighted by Gasteiger charge is -2.43. The molecule has 0 bridgehead atoms. The fourth-order valence-electron chi connectivity index (χ4n) is 7.26. The number of hydrogen-bond acceptors (Lipinski definition) is 7. The highest BCUT2D eigenvalue weighted by atomic mass is 16.7. The molecule has 8 heteroatoms. The predicted molar refractivity (Wildman–Crippen MR) is 199 cm³/mol. The van der Waals surface area contributed by atoms with Crippen molar-refractivity contribution in [2.75, 3.05) is 13.6 Å². The maximum absolute atomic E-state index is 13.1. The molecule has 0 aliphatic carbocycles. The first-order valence-corrected chi connectivity index (χ1v) is 17.8. The number of amides is 2. The Hall–Kier alpha value is -4.96. The fourth-order valence-corrected chi connectivity index (χ4v) is 7.26. The molecule has 2 N–H and O–H groups in total. The second-order valence-corrected chi connectivity index (χ2v) is 13.9. The minimum absolute atomic E-state index is 0.0203. The fraction of sp³-hybridized carbons (Fsp3) is 0.273. The summed E-state index contributed by atoms with van der Waals surface area (Å²) in [4.78, 5) is 29.7. The van der Waals surface area contributed by atoms with Crippen LogP contribution in [0.4, 0.5) is 0 Å². The number of imide groups is 1. The Morgan fingerprint density at radius 1 is 0.731 bits per heavy atom. The standard InChI is InChI=1S/C44H44N2O6/c1-28-39(26-45(3)29(2)40(48)32-11-5-4-6-12-32)51-44(52-41(28)33-19-17-30(27-47)18-20-33)34-23-21-31(22-24-34)36-14-8-7-13-35(36)25-46-42(49)37-15-9-10-16-38(37)43(46)50/h4-24,28-29,39-41,44,47-48H,25-27H2,1-3H3/t28-,29-,39+,40-,41+,44+/m1/s1. The van der Waals surface area contributed by atoms with E-state index in [0.29, 0.717) is 17.7 Å². The number of nitrogens with zero attached hydrogens (tertiary/aromatic N) is 2. The van der Waals surface area contributed by atoms with Gasteiger partial charge in [0.05, 0.1) is 42.6 Å². The molecule has 5 aromatic rings. The number of rotatable bonds is 11. The van der Waals surface area contributed by atoms with E-state index in [2.05, 4.69) is 11.8 Å². The number of aliphatic hydroxyl groups excluding tert-OH is 2. The Labute approximate surface area is 304 Å². The second-order valence-electron chi connectivity index (χ2n) is 13.9. The van der Waals surface area contributed by atoms with Crippen LogP contribution in [-0.4, -0.2) is 57.6 Å². The number of carbonyl (C=O) groups excluding carboxylic acids is 2. The first kappa shape index (κ1) is 35.4. The van der Waals surface area contributed by atoms with Crippen molar-refractivity contribution in [2.45, 2.75) is 57.6 Å². The Balaban J connectivity index is 1.13. The number of ether oxygens (including phenoxy) is 2. The third kappa shape index (κ3) is 7.08. The zero-order valence-electron chi connectivity index (χ0n) is 29.6. The number of carbonyl (C=O) groups is 2. The molecular formula is C44H44N2O6. The zero-order chi connectivity index (χ0) is 36.4. The highest BCUT2D eigenvalue weighted by molar-refractivity contribution is 6.21. The van der Waals surface area contributed by atoms with Crippen molar-refractivity contribution in [3.05, 3.63) is 166 Å². The van der Waals surface area contributed by atoms with E-state index in [-0.39, 0.29) is 49.1 Å². The minimum atomic E-state index is -0.661. The summed E-state index contributed by atoms with van der Waals surface area (Å²) in [6, 6.07) is 40.2. The van der Waals surface area contributed by atoms with Crippen LogP contribution < -0.4 is 0 Å². The third-order valence-electron chi connectivity index (χ3n) is 10.6. The van der Waals surface area contributed by atoms with Gasteiger partial charge in [-0.1, -0.05) is 122 Å². The van der Waals surface area contributed by atoms with Crippen LogP contribution in [0.25, 0.3) is 11.1 Å². The SMILES string of the molecule is C[C@@H]1[C@H](CN(C)[C@H](C)[C@@H](O)c2ccccc2)O[C@H](c2ccc(-c3ccccc3CN3C(=O)c4ccccc4C3=O)cc2)O[C@@H]1c1ccc(CO)cc1. The molecule has 0 spiro atoms. The zero-order valence-corrected chi connectivity index (χ0v) is 29.6. The van der Waals surface area contributed by atoms with Crippen LogP contribution in [0.3, 0.4) is 0 Å². The minimum Gasteiger partial charge on any atom is -0.392 e. The molecule has 2 amide bonds. The molecule has 0 radical (unpaired) electrons. The summed E-state index contributed by atoms with van der Waals surface area (Å²) >= 11 is 0. The lowest BCUT2D eigenvalue weighted by molar-refractivity contribution is -0.276. The average Bonchev–Trinajstić information content (AvgIpc) is 3.43. The van der Waals surface area contributed by atoms with E-state index < -0.39 is 12.4 Å². The normalized spacial score (nSPS) is 21.3. The van der Waals surface area contributed by atoms with Crippen LogP contribution in [0, 0.1) is 5.92 Å². The van der Waals surface area contributed by atoms with Crippen LogP contribution in [-0.2, 0) is 22.6 Å². The molecule has 0 aromatic heterocycles. The van der Waals surface area contributed by atoms with Crippen LogP contribution in [0.2, 0.25) is 0 Å². The largest absolute Gasteiger partial charge is 0.392 e. The van der Waals surface area contributed by atoms with Gasteiger partial charge in [-0.2, -0.15) is 0 Å². The van der Waals surface area contributed by atoms with Crippen molar-refractivity contribution in [1.29, 1.82) is 0 Å². The Morgan fingerprint density at radius 2 is 1.31 bits per heavy atom. The van der Waals surface area contributed by atoms with Gasteiger partial charge in [0, 0.05) is 24.1 Å². The first-order chi connectivity index (χ1) is 25.2. The highest BCUT2D eigenvalue weighted by Gasteiger charge is 2.40. The molecule has 1 fully saturated rings. The van der Waals surface area contributed by atoms with E-state index in [4.69, 9.17) is 9.47 Å². The van der Waals surface area contributed by atoms with E-state index in [9.17, 15) is 19.8 Å². The van der Waals surface area contributed by atoms with Gasteiger partial charge < -0.3 is 19.7 Å². The summed E-state index contributed by atoms with van der Waals surface area (Å²) in [5.41, 5.74) is 7.16. The summed E-state index contributed by atoms with van der Waals surface area (Å²) in [6.45, 7) is 4.86. The smallest absolute Gasteiger partial charge is 0.261 e. The summed E-state index contributed by atoms with van der Waals surface area (Å²) in [5, 5.41) is 20.8. The van der Waals surface area contributed by atoms with Crippen molar-refractivity contribution in [3.8, 4) is 11.1 Å². The summed E-state index contributed by atoms with van der Waals surface area (Å²) in [6.07, 6.45) is -1.82. The number of benzene rings is 5. The van der Waals surface area contributed by atoms with Gasteiger partial charge >= 0.3 is 0 Å². The molecule has 52 heavy (non-hydrogen) atoms. The molecule has 6 atom stereocenters. The maximum Gasteiger partial charge on any atom is 0.261 e. The molecule has 2 heterocycles. The molecule has 0 saturated carbocycles. The van der Waals surface area contributed by atoms with Gasteiger partial charge in [0.2, 0.25) is 0 Å². The van der Waals surface area contributed by atoms with Crippen molar-refractivity contribution in [2.24, 2.45) is 5.92 Å². The molecule has 5 aromatic carbocycles. The van der Waals surface area contributed by atoms with Gasteiger partial charge in [-0.15, -0.1) is 0 Å². The van der Waals surface area contributed by atoms with Gasteiger partial charge in [-0.25, -0.2) is 0 Å². The molecule has 7 rings (SSSR count). The Bertz CT molecular complexity index is 1980. The molecular weight excluding hydrogens is 652 g/mol. The van der Waals surface area contributed by atoms with Crippen molar-refractivity contribution < 1.29 is 29.3 Å². The Morgan fingerprint density at radius 3 is 1.94 bits per heavy atom. The summed E-state index contributed by atoms with van der Waals surface area (Å²) in [7, 11) is 2.01. The number of aliphatic hydroxyl groups is 2. The molecule has 1 saturated heterocycles. The number of likely N-dealkylation sites (N-methyl/N-ethyl adjacent to an activating group) is 1. The van der Waals surface area contributed by atoms with Crippen molar-refractivity contribution in [1.82, 2.24) is 9.80 Å².